The minimum atomic E-state index is -7.83. The van der Waals surface area contributed by atoms with Crippen LogP contribution in [0.4, 0.5) is 52.7 Å². The lowest BCUT2D eigenvalue weighted by Crippen LogP contribution is -2.71. The van der Waals surface area contributed by atoms with Gasteiger partial charge in [-0.05, 0) is 6.42 Å². The van der Waals surface area contributed by atoms with E-state index in [2.05, 4.69) is 0 Å². The van der Waals surface area contributed by atoms with Gasteiger partial charge in [-0.25, -0.2) is 4.79 Å². The fraction of sp³-hybridized carbons (Fsp3) is 0.917. The van der Waals surface area contributed by atoms with E-state index in [0.29, 0.717) is 0 Å². The molecule has 2 nitrogen and oxygen atoms in total. The Morgan fingerprint density at radius 1 is 0.692 bits per heavy atom. The third-order valence-electron chi connectivity index (χ3n) is 3.40. The second-order valence-corrected chi connectivity index (χ2v) is 5.34. The number of carboxylic acid groups (broad SMARTS) is 1. The van der Waals surface area contributed by atoms with E-state index in [1.54, 1.807) is 0 Å². The molecule has 0 atom stereocenters. The maximum absolute atomic E-state index is 13.3. The molecule has 26 heavy (non-hydrogen) atoms. The Hall–Kier alpha value is -1.37. The fourth-order valence-corrected chi connectivity index (χ4v) is 1.71. The summed E-state index contributed by atoms with van der Waals surface area (Å²) in [6.45, 7) is 1.37. The third kappa shape index (κ3) is 3.42. The fourth-order valence-electron chi connectivity index (χ4n) is 1.71. The monoisotopic (exact) mass is 416 g/mol. The van der Waals surface area contributed by atoms with Gasteiger partial charge in [0, 0.05) is 6.42 Å². The molecule has 0 rings (SSSR count). The normalized spacial score (nSPS) is 15.3. The highest BCUT2D eigenvalue weighted by Gasteiger charge is 2.91. The number of halogens is 12. The Labute approximate surface area is 138 Å². The molecule has 0 aliphatic heterocycles. The van der Waals surface area contributed by atoms with E-state index in [1.165, 1.54) is 6.92 Å². The summed E-state index contributed by atoms with van der Waals surface area (Å²) in [6, 6.07) is 0. The molecule has 0 heterocycles. The molecule has 0 unspecified atom stereocenters. The standard InChI is InChI=1S/C12H12F12O2/c1-2-3-4-5-7(13,14)9(17,18)11(21,22)12(23,24)10(19,20)8(15,16)6(25)26/h2-5H2,1H3,(H,25,26). The first-order valence-corrected chi connectivity index (χ1v) is 6.76. The van der Waals surface area contributed by atoms with E-state index in [9.17, 15) is 57.5 Å². The molecule has 0 bridgehead atoms. The van der Waals surface area contributed by atoms with Crippen molar-refractivity contribution in [3.8, 4) is 0 Å². The van der Waals surface area contributed by atoms with Gasteiger partial charge in [-0.15, -0.1) is 0 Å². The average Bonchev–Trinajstić information content (AvgIpc) is 2.46. The number of aliphatic carboxylic acids is 1. The lowest BCUT2D eigenvalue weighted by atomic mass is 9.89. The molecule has 0 aromatic heterocycles. The van der Waals surface area contributed by atoms with Crippen molar-refractivity contribution >= 4 is 5.97 Å². The van der Waals surface area contributed by atoms with Crippen molar-refractivity contribution in [3.63, 3.8) is 0 Å². The van der Waals surface area contributed by atoms with Crippen molar-refractivity contribution in [2.75, 3.05) is 0 Å². The van der Waals surface area contributed by atoms with Gasteiger partial charge in [0.05, 0.1) is 0 Å². The smallest absolute Gasteiger partial charge is 0.410 e. The zero-order valence-corrected chi connectivity index (χ0v) is 12.7. The molecule has 0 saturated carbocycles. The van der Waals surface area contributed by atoms with Crippen LogP contribution in [-0.4, -0.2) is 46.6 Å². The summed E-state index contributed by atoms with van der Waals surface area (Å²) in [4.78, 5) is 9.92. The molecule has 0 radical (unpaired) electrons. The molecule has 0 aliphatic rings. The molecule has 0 aromatic rings. The highest BCUT2D eigenvalue weighted by atomic mass is 19.4. The van der Waals surface area contributed by atoms with Gasteiger partial charge < -0.3 is 5.11 Å². The summed E-state index contributed by atoms with van der Waals surface area (Å²) >= 11 is 0. The van der Waals surface area contributed by atoms with Crippen LogP contribution in [0, 0.1) is 0 Å². The Bertz CT molecular complexity index is 514. The van der Waals surface area contributed by atoms with Crippen molar-refractivity contribution in [2.24, 2.45) is 0 Å². The van der Waals surface area contributed by atoms with Crippen LogP contribution in [0.2, 0.25) is 0 Å². The van der Waals surface area contributed by atoms with E-state index in [1.807, 2.05) is 0 Å². The first-order chi connectivity index (χ1) is 11.3. The Balaban J connectivity index is 6.14. The van der Waals surface area contributed by atoms with E-state index in [-0.39, 0.29) is 12.8 Å². The van der Waals surface area contributed by atoms with E-state index in [0.717, 1.165) is 0 Å². The molecule has 0 fully saturated rings. The largest absolute Gasteiger partial charge is 0.477 e. The lowest BCUT2D eigenvalue weighted by Gasteiger charge is -2.40. The Kier molecular flexibility index (Phi) is 6.61. The highest BCUT2D eigenvalue weighted by Crippen LogP contribution is 2.60. The van der Waals surface area contributed by atoms with E-state index >= 15 is 0 Å². The van der Waals surface area contributed by atoms with Crippen molar-refractivity contribution in [1.82, 2.24) is 0 Å². The molecule has 0 aliphatic carbocycles. The molecule has 0 aromatic carbocycles. The Morgan fingerprint density at radius 3 is 1.42 bits per heavy atom. The van der Waals surface area contributed by atoms with Gasteiger partial charge in [0.1, 0.15) is 0 Å². The van der Waals surface area contributed by atoms with E-state index < -0.39 is 54.3 Å². The molecular formula is C12H12F12O2. The maximum Gasteiger partial charge on any atom is 0.410 e. The average molecular weight is 416 g/mol. The van der Waals surface area contributed by atoms with Gasteiger partial charge in [0.2, 0.25) is 0 Å². The summed E-state index contributed by atoms with van der Waals surface area (Å²) < 4.78 is 158. The van der Waals surface area contributed by atoms with Crippen LogP contribution in [-0.2, 0) is 4.79 Å². The van der Waals surface area contributed by atoms with Gasteiger partial charge in [-0.2, -0.15) is 52.7 Å². The summed E-state index contributed by atoms with van der Waals surface area (Å²) in [7, 11) is 0. The first kappa shape index (κ1) is 24.6. The van der Waals surface area contributed by atoms with Gasteiger partial charge in [0.15, 0.2) is 0 Å². The van der Waals surface area contributed by atoms with Gasteiger partial charge in [-0.1, -0.05) is 19.8 Å². The number of rotatable bonds is 10. The van der Waals surface area contributed by atoms with Crippen LogP contribution in [0.1, 0.15) is 32.6 Å². The van der Waals surface area contributed by atoms with Gasteiger partial charge in [0.25, 0.3) is 0 Å². The molecule has 14 heteroatoms. The quantitative estimate of drug-likeness (QED) is 0.379. The van der Waals surface area contributed by atoms with Gasteiger partial charge >= 0.3 is 41.5 Å². The lowest BCUT2D eigenvalue weighted by molar-refractivity contribution is -0.421. The molecular weight excluding hydrogens is 404 g/mol. The van der Waals surface area contributed by atoms with Crippen molar-refractivity contribution in [2.45, 2.75) is 68.1 Å². The zero-order chi connectivity index (χ0) is 21.4. The number of carboxylic acids is 1. The minimum Gasteiger partial charge on any atom is -0.477 e. The third-order valence-corrected chi connectivity index (χ3v) is 3.40. The topological polar surface area (TPSA) is 37.3 Å². The van der Waals surface area contributed by atoms with Crippen LogP contribution in [0.3, 0.4) is 0 Å². The predicted octanol–water partition coefficient (Wildman–Crippen LogP) is 5.46. The summed E-state index contributed by atoms with van der Waals surface area (Å²) in [5.41, 5.74) is 0. The number of carbonyl (C=O) groups is 1. The number of hydrogen-bond donors (Lipinski definition) is 1. The molecule has 0 amide bonds. The maximum atomic E-state index is 13.3. The van der Waals surface area contributed by atoms with Crippen LogP contribution in [0.25, 0.3) is 0 Å². The summed E-state index contributed by atoms with van der Waals surface area (Å²) in [6.07, 6.45) is -3.14. The minimum absolute atomic E-state index is 0.108. The number of unbranched alkanes of at least 4 members (excludes halogenated alkanes) is 2. The second kappa shape index (κ2) is 6.98. The molecule has 0 saturated heterocycles. The van der Waals surface area contributed by atoms with Crippen molar-refractivity contribution < 1.29 is 62.6 Å². The molecule has 1 N–H and O–H groups in total. The Morgan fingerprint density at radius 2 is 1.08 bits per heavy atom. The van der Waals surface area contributed by atoms with Crippen LogP contribution in [0.5, 0.6) is 0 Å². The summed E-state index contributed by atoms with van der Waals surface area (Å²) in [5, 5.41) is 7.77. The van der Waals surface area contributed by atoms with Crippen molar-refractivity contribution in [1.29, 1.82) is 0 Å². The first-order valence-electron chi connectivity index (χ1n) is 6.76. The predicted molar refractivity (Wildman–Crippen MR) is 61.5 cm³/mol. The van der Waals surface area contributed by atoms with Crippen LogP contribution in [0.15, 0.2) is 0 Å². The van der Waals surface area contributed by atoms with Crippen LogP contribution < -0.4 is 0 Å². The second-order valence-electron chi connectivity index (χ2n) is 5.34. The van der Waals surface area contributed by atoms with Crippen LogP contribution >= 0.6 is 0 Å². The van der Waals surface area contributed by atoms with Crippen molar-refractivity contribution in [3.05, 3.63) is 0 Å². The zero-order valence-electron chi connectivity index (χ0n) is 12.7. The SMILES string of the molecule is CCCCCC(F)(F)C(F)(F)C(F)(F)C(F)(F)C(F)(F)C(F)(F)C(=O)O. The number of hydrogen-bond acceptors (Lipinski definition) is 1. The number of alkyl halides is 12. The summed E-state index contributed by atoms with van der Waals surface area (Å²) in [5.74, 6) is -47.3. The van der Waals surface area contributed by atoms with Gasteiger partial charge in [-0.3, -0.25) is 0 Å². The highest BCUT2D eigenvalue weighted by molar-refractivity contribution is 5.77. The molecule has 156 valence electrons. The molecule has 0 spiro atoms. The van der Waals surface area contributed by atoms with E-state index in [4.69, 9.17) is 5.11 Å².